The number of carbonyl (C=O) groups is 1. The predicted octanol–water partition coefficient (Wildman–Crippen LogP) is 3.44. The molecule has 0 spiro atoms. The first kappa shape index (κ1) is 19.8. The Morgan fingerprint density at radius 3 is 2.46 bits per heavy atom. The number of hydrogen-bond donors (Lipinski definition) is 2. The average molecular weight is 349 g/mol. The molecule has 2 aromatic carbocycles. The first-order chi connectivity index (χ1) is 11.0. The highest BCUT2D eigenvalue weighted by atomic mass is 35.5. The molecule has 2 rings (SSSR count). The lowest BCUT2D eigenvalue weighted by atomic mass is 10.1. The van der Waals surface area contributed by atoms with Gasteiger partial charge in [0.1, 0.15) is 5.75 Å². The number of nitrogen functional groups attached to an aromatic ring is 1. The quantitative estimate of drug-likeness (QED) is 0.753. The van der Waals surface area contributed by atoms with Gasteiger partial charge in [-0.1, -0.05) is 18.2 Å². The minimum Gasteiger partial charge on any atom is -0.493 e. The Bertz CT molecular complexity index is 657. The van der Waals surface area contributed by atoms with Crippen LogP contribution in [0.25, 0.3) is 0 Å². The molecule has 0 aromatic heterocycles. The van der Waals surface area contributed by atoms with E-state index in [4.69, 9.17) is 10.5 Å². The Morgan fingerprint density at radius 1 is 1.08 bits per heavy atom. The summed E-state index contributed by atoms with van der Waals surface area (Å²) < 4.78 is 5.62. The molecule has 0 aliphatic heterocycles. The van der Waals surface area contributed by atoms with Gasteiger partial charge in [-0.3, -0.25) is 4.79 Å². The van der Waals surface area contributed by atoms with Crippen molar-refractivity contribution in [2.45, 2.75) is 26.7 Å². The molecule has 0 saturated heterocycles. The van der Waals surface area contributed by atoms with E-state index in [9.17, 15) is 4.79 Å². The number of amides is 1. The second-order valence-corrected chi connectivity index (χ2v) is 5.69. The maximum Gasteiger partial charge on any atom is 0.223 e. The van der Waals surface area contributed by atoms with E-state index in [1.54, 1.807) is 0 Å². The summed E-state index contributed by atoms with van der Waals surface area (Å²) in [7, 11) is 0. The van der Waals surface area contributed by atoms with Crippen molar-refractivity contribution in [2.75, 3.05) is 18.9 Å². The van der Waals surface area contributed by atoms with Crippen molar-refractivity contribution in [1.29, 1.82) is 0 Å². The third kappa shape index (κ3) is 6.50. The van der Waals surface area contributed by atoms with Crippen molar-refractivity contribution in [3.8, 4) is 5.75 Å². The second kappa shape index (κ2) is 9.83. The number of hydrogen-bond acceptors (Lipinski definition) is 3. The van der Waals surface area contributed by atoms with Crippen molar-refractivity contribution < 1.29 is 9.53 Å². The van der Waals surface area contributed by atoms with Crippen LogP contribution in [0.4, 0.5) is 5.69 Å². The van der Waals surface area contributed by atoms with Crippen LogP contribution < -0.4 is 15.8 Å². The van der Waals surface area contributed by atoms with Crippen LogP contribution in [0.2, 0.25) is 0 Å². The molecule has 5 heteroatoms. The molecule has 0 aliphatic rings. The third-order valence-electron chi connectivity index (χ3n) is 3.79. The first-order valence-electron chi connectivity index (χ1n) is 7.86. The summed E-state index contributed by atoms with van der Waals surface area (Å²) in [5.41, 5.74) is 9.97. The molecule has 3 N–H and O–H groups in total. The smallest absolute Gasteiger partial charge is 0.223 e. The lowest BCUT2D eigenvalue weighted by Crippen LogP contribution is -2.27. The number of nitrogens with two attached hydrogens (primary N) is 1. The van der Waals surface area contributed by atoms with Gasteiger partial charge in [0.05, 0.1) is 13.0 Å². The van der Waals surface area contributed by atoms with Gasteiger partial charge in [0, 0.05) is 12.2 Å². The lowest BCUT2D eigenvalue weighted by Gasteiger charge is -2.09. The molecule has 0 aliphatic carbocycles. The summed E-state index contributed by atoms with van der Waals surface area (Å²) >= 11 is 0. The highest BCUT2D eigenvalue weighted by Gasteiger charge is 2.03. The SMILES string of the molecule is Cc1ccc(OCCC(=O)NCCc2ccc(N)cc2)cc1C.Cl. The van der Waals surface area contributed by atoms with Crippen LogP contribution in [0.3, 0.4) is 0 Å². The summed E-state index contributed by atoms with van der Waals surface area (Å²) in [5.74, 6) is 0.812. The molecular weight excluding hydrogens is 324 g/mol. The summed E-state index contributed by atoms with van der Waals surface area (Å²) in [4.78, 5) is 11.8. The molecule has 0 unspecified atom stereocenters. The van der Waals surface area contributed by atoms with Gasteiger partial charge in [-0.05, 0) is 61.2 Å². The predicted molar refractivity (Wildman–Crippen MR) is 101 cm³/mol. The highest BCUT2D eigenvalue weighted by molar-refractivity contribution is 5.85. The largest absolute Gasteiger partial charge is 0.493 e. The van der Waals surface area contributed by atoms with Gasteiger partial charge < -0.3 is 15.8 Å². The lowest BCUT2D eigenvalue weighted by molar-refractivity contribution is -0.121. The van der Waals surface area contributed by atoms with E-state index in [1.807, 2.05) is 49.4 Å². The second-order valence-electron chi connectivity index (χ2n) is 5.69. The van der Waals surface area contributed by atoms with Crippen molar-refractivity contribution in [3.05, 3.63) is 59.2 Å². The Balaban J connectivity index is 0.00000288. The van der Waals surface area contributed by atoms with Crippen molar-refractivity contribution in [1.82, 2.24) is 5.32 Å². The molecule has 0 atom stereocenters. The highest BCUT2D eigenvalue weighted by Crippen LogP contribution is 2.16. The molecule has 0 fully saturated rings. The molecule has 1 amide bonds. The van der Waals surface area contributed by atoms with E-state index in [-0.39, 0.29) is 18.3 Å². The molecule has 2 aromatic rings. The van der Waals surface area contributed by atoms with Crippen LogP contribution in [0.15, 0.2) is 42.5 Å². The maximum atomic E-state index is 11.8. The number of ether oxygens (including phenoxy) is 1. The van der Waals surface area contributed by atoms with Crippen molar-refractivity contribution in [3.63, 3.8) is 0 Å². The number of aryl methyl sites for hydroxylation is 2. The number of carbonyl (C=O) groups excluding carboxylic acids is 1. The number of benzene rings is 2. The maximum absolute atomic E-state index is 11.8. The van der Waals surface area contributed by atoms with Gasteiger partial charge in [-0.2, -0.15) is 0 Å². The van der Waals surface area contributed by atoms with E-state index in [0.29, 0.717) is 19.6 Å². The number of anilines is 1. The van der Waals surface area contributed by atoms with Crippen LogP contribution in [-0.4, -0.2) is 19.1 Å². The summed E-state index contributed by atoms with van der Waals surface area (Å²) in [5, 5.41) is 2.90. The van der Waals surface area contributed by atoms with Gasteiger partial charge >= 0.3 is 0 Å². The fourth-order valence-electron chi connectivity index (χ4n) is 2.18. The molecule has 0 saturated carbocycles. The molecular formula is C19H25ClN2O2. The summed E-state index contributed by atoms with van der Waals surface area (Å²) in [6.45, 7) is 5.11. The van der Waals surface area contributed by atoms with Gasteiger partial charge in [0.25, 0.3) is 0 Å². The zero-order valence-corrected chi connectivity index (χ0v) is 15.0. The monoisotopic (exact) mass is 348 g/mol. The standard InChI is InChI=1S/C19H24N2O2.ClH/c1-14-3-8-18(13-15(14)2)23-12-10-19(22)21-11-9-16-4-6-17(20)7-5-16;/h3-8,13H,9-12,20H2,1-2H3,(H,21,22);1H. The topological polar surface area (TPSA) is 64.3 Å². The Morgan fingerprint density at radius 2 is 1.79 bits per heavy atom. The fraction of sp³-hybridized carbons (Fsp3) is 0.316. The van der Waals surface area contributed by atoms with E-state index in [1.165, 1.54) is 11.1 Å². The van der Waals surface area contributed by atoms with Crippen molar-refractivity contribution in [2.24, 2.45) is 0 Å². The van der Waals surface area contributed by atoms with Gasteiger partial charge in [0.2, 0.25) is 5.91 Å². The molecule has 0 heterocycles. The van der Waals surface area contributed by atoms with Crippen LogP contribution in [0.1, 0.15) is 23.1 Å². The summed E-state index contributed by atoms with van der Waals surface area (Å²) in [6.07, 6.45) is 1.15. The molecule has 130 valence electrons. The molecule has 0 bridgehead atoms. The van der Waals surface area contributed by atoms with E-state index < -0.39 is 0 Å². The zero-order chi connectivity index (χ0) is 16.7. The number of nitrogens with one attached hydrogen (secondary N) is 1. The zero-order valence-electron chi connectivity index (χ0n) is 14.2. The number of halogens is 1. The summed E-state index contributed by atoms with van der Waals surface area (Å²) in [6, 6.07) is 13.6. The normalized spacial score (nSPS) is 9.92. The van der Waals surface area contributed by atoms with E-state index >= 15 is 0 Å². The first-order valence-corrected chi connectivity index (χ1v) is 7.86. The average Bonchev–Trinajstić information content (AvgIpc) is 2.53. The van der Waals surface area contributed by atoms with Crippen LogP contribution in [0, 0.1) is 13.8 Å². The Labute approximate surface area is 149 Å². The van der Waals surface area contributed by atoms with Crippen molar-refractivity contribution >= 4 is 24.0 Å². The van der Waals surface area contributed by atoms with Gasteiger partial charge in [-0.15, -0.1) is 12.4 Å². The Kier molecular flexibility index (Phi) is 8.13. The minimum absolute atomic E-state index is 0. The van der Waals surface area contributed by atoms with Gasteiger partial charge in [-0.25, -0.2) is 0 Å². The molecule has 4 nitrogen and oxygen atoms in total. The minimum atomic E-state index is 0. The number of rotatable bonds is 7. The van der Waals surface area contributed by atoms with E-state index in [2.05, 4.69) is 12.2 Å². The Hall–Kier alpha value is -2.20. The van der Waals surface area contributed by atoms with E-state index in [0.717, 1.165) is 23.4 Å². The van der Waals surface area contributed by atoms with Crippen LogP contribution >= 0.6 is 12.4 Å². The van der Waals surface area contributed by atoms with Gasteiger partial charge in [0.15, 0.2) is 0 Å². The third-order valence-corrected chi connectivity index (χ3v) is 3.79. The molecule has 0 radical (unpaired) electrons. The molecule has 24 heavy (non-hydrogen) atoms. The van der Waals surface area contributed by atoms with Crippen LogP contribution in [-0.2, 0) is 11.2 Å². The fourth-order valence-corrected chi connectivity index (χ4v) is 2.18. The van der Waals surface area contributed by atoms with Crippen LogP contribution in [0.5, 0.6) is 5.75 Å².